The Kier molecular flexibility index (Phi) is 3.75. The zero-order chi connectivity index (χ0) is 17.5. The molecule has 0 unspecified atom stereocenters. The van der Waals surface area contributed by atoms with Gasteiger partial charge in [0.1, 0.15) is 6.04 Å². The van der Waals surface area contributed by atoms with Crippen LogP contribution in [-0.4, -0.2) is 28.7 Å². The number of hydrogen-bond donors (Lipinski definition) is 1. The number of amides is 1. The van der Waals surface area contributed by atoms with Crippen molar-refractivity contribution in [1.29, 1.82) is 10.5 Å². The third-order valence-electron chi connectivity index (χ3n) is 4.58. The molecule has 1 fully saturated rings. The maximum Gasteiger partial charge on any atom is 0.240 e. The van der Waals surface area contributed by atoms with Crippen LogP contribution in [0.5, 0.6) is 0 Å². The zero-order valence-electron chi connectivity index (χ0n) is 12.8. The average molecular weight is 338 g/mol. The van der Waals surface area contributed by atoms with E-state index in [9.17, 15) is 20.1 Å². The van der Waals surface area contributed by atoms with Crippen LogP contribution < -0.4 is 5.73 Å². The van der Waals surface area contributed by atoms with E-state index < -0.39 is 29.3 Å². The van der Waals surface area contributed by atoms with Gasteiger partial charge in [-0.15, -0.1) is 11.3 Å². The predicted molar refractivity (Wildman–Crippen MR) is 87.2 cm³/mol. The number of Topliss-reactive ketones (excluding diaryl/α,β-unsaturated/α-hetero) is 1. The number of ketones is 1. The second-order valence-electron chi connectivity index (χ2n) is 5.82. The van der Waals surface area contributed by atoms with Crippen LogP contribution in [0.2, 0.25) is 0 Å². The second-order valence-corrected chi connectivity index (χ2v) is 6.80. The lowest BCUT2D eigenvalue weighted by atomic mass is 9.72. The summed E-state index contributed by atoms with van der Waals surface area (Å²) < 4.78 is 0. The van der Waals surface area contributed by atoms with Crippen LogP contribution in [-0.2, 0) is 9.59 Å². The van der Waals surface area contributed by atoms with Crippen LogP contribution in [0.1, 0.15) is 17.7 Å². The van der Waals surface area contributed by atoms with Gasteiger partial charge in [-0.05, 0) is 18.4 Å². The standard InChI is InChI=1S/C17H14N4O2S/c1-10(22)11-4-5-13-17(8-18,9-19)14(12-3-2-6-24-12)15(16(20)23)21(13)7-11/h2-7,13-15H,1H3,(H2,20,23)/t13-,14-,15+/m0/s1. The normalized spacial score (nSPS) is 26.9. The summed E-state index contributed by atoms with van der Waals surface area (Å²) in [4.78, 5) is 26.2. The van der Waals surface area contributed by atoms with Crippen molar-refractivity contribution in [2.24, 2.45) is 11.1 Å². The molecule has 0 radical (unpaired) electrons. The Balaban J connectivity index is 2.23. The minimum atomic E-state index is -1.46. The first-order valence-electron chi connectivity index (χ1n) is 7.30. The molecule has 0 bridgehead atoms. The Hall–Kier alpha value is -2.90. The first-order valence-corrected chi connectivity index (χ1v) is 8.18. The first-order chi connectivity index (χ1) is 11.5. The minimum absolute atomic E-state index is 0.160. The largest absolute Gasteiger partial charge is 0.368 e. The van der Waals surface area contributed by atoms with E-state index in [0.29, 0.717) is 5.57 Å². The summed E-state index contributed by atoms with van der Waals surface area (Å²) in [7, 11) is 0. The highest BCUT2D eigenvalue weighted by molar-refractivity contribution is 7.10. The molecule has 1 saturated heterocycles. The average Bonchev–Trinajstić information content (AvgIpc) is 3.17. The smallest absolute Gasteiger partial charge is 0.240 e. The van der Waals surface area contributed by atoms with E-state index in [2.05, 4.69) is 12.1 Å². The van der Waals surface area contributed by atoms with Crippen LogP contribution in [0.3, 0.4) is 0 Å². The number of hydrogen-bond acceptors (Lipinski definition) is 6. The lowest BCUT2D eigenvalue weighted by molar-refractivity contribution is -0.122. The number of fused-ring (bicyclic) bond motifs is 1. The fourth-order valence-electron chi connectivity index (χ4n) is 3.49. The van der Waals surface area contributed by atoms with Gasteiger partial charge in [0.2, 0.25) is 5.91 Å². The third-order valence-corrected chi connectivity index (χ3v) is 5.53. The van der Waals surface area contributed by atoms with Gasteiger partial charge in [-0.25, -0.2) is 0 Å². The lowest BCUT2D eigenvalue weighted by Gasteiger charge is -2.30. The monoisotopic (exact) mass is 338 g/mol. The third kappa shape index (κ3) is 2.06. The highest BCUT2D eigenvalue weighted by Crippen LogP contribution is 2.53. The first kappa shape index (κ1) is 16.0. The van der Waals surface area contributed by atoms with E-state index in [-0.39, 0.29) is 5.78 Å². The molecule has 6 nitrogen and oxygen atoms in total. The Morgan fingerprint density at radius 1 is 1.38 bits per heavy atom. The van der Waals surface area contributed by atoms with Crippen molar-refractivity contribution in [2.75, 3.05) is 0 Å². The molecular weight excluding hydrogens is 324 g/mol. The molecule has 2 aliphatic heterocycles. The number of allylic oxidation sites excluding steroid dienone is 2. The Morgan fingerprint density at radius 2 is 2.08 bits per heavy atom. The van der Waals surface area contributed by atoms with Gasteiger partial charge < -0.3 is 10.6 Å². The molecule has 0 aromatic carbocycles. The molecule has 0 spiro atoms. The molecule has 24 heavy (non-hydrogen) atoms. The van der Waals surface area contributed by atoms with Gasteiger partial charge in [-0.3, -0.25) is 9.59 Å². The molecule has 3 rings (SSSR count). The van der Waals surface area contributed by atoms with Crippen molar-refractivity contribution in [3.05, 3.63) is 46.3 Å². The van der Waals surface area contributed by atoms with Crippen LogP contribution in [0.4, 0.5) is 0 Å². The van der Waals surface area contributed by atoms with Crippen LogP contribution >= 0.6 is 11.3 Å². The number of carbonyl (C=O) groups is 2. The molecule has 1 aromatic heterocycles. The zero-order valence-corrected chi connectivity index (χ0v) is 13.7. The van der Waals surface area contributed by atoms with Gasteiger partial charge in [0.05, 0.1) is 24.1 Å². The molecule has 120 valence electrons. The summed E-state index contributed by atoms with van der Waals surface area (Å²) in [6.07, 6.45) is 4.79. The number of rotatable bonds is 3. The van der Waals surface area contributed by atoms with Crippen molar-refractivity contribution in [1.82, 2.24) is 4.90 Å². The fraction of sp³-hybridized carbons (Fsp3) is 0.294. The van der Waals surface area contributed by atoms with Gasteiger partial charge in [-0.1, -0.05) is 18.2 Å². The molecule has 0 aliphatic carbocycles. The molecule has 1 amide bonds. The Morgan fingerprint density at radius 3 is 2.58 bits per heavy atom. The maximum atomic E-state index is 12.2. The highest BCUT2D eigenvalue weighted by atomic mass is 32.1. The van der Waals surface area contributed by atoms with E-state index in [4.69, 9.17) is 5.73 Å². The number of thiophene rings is 1. The molecular formula is C17H14N4O2S. The van der Waals surface area contributed by atoms with E-state index in [1.165, 1.54) is 18.3 Å². The predicted octanol–water partition coefficient (Wildman–Crippen LogP) is 1.45. The van der Waals surface area contributed by atoms with Crippen LogP contribution in [0.15, 0.2) is 41.4 Å². The number of nitrogens with zero attached hydrogens (tertiary/aromatic N) is 3. The molecule has 7 heteroatoms. The van der Waals surface area contributed by atoms with E-state index in [1.54, 1.807) is 29.3 Å². The second kappa shape index (κ2) is 5.63. The maximum absolute atomic E-state index is 12.2. The summed E-state index contributed by atoms with van der Waals surface area (Å²) in [5, 5.41) is 21.5. The van der Waals surface area contributed by atoms with Crippen molar-refractivity contribution in [2.45, 2.75) is 24.9 Å². The summed E-state index contributed by atoms with van der Waals surface area (Å²) in [5.41, 5.74) is 4.57. The van der Waals surface area contributed by atoms with Gasteiger partial charge in [0.25, 0.3) is 0 Å². The number of carbonyl (C=O) groups excluding carboxylic acids is 2. The number of nitriles is 2. The number of nitrogens with two attached hydrogens (primary N) is 1. The van der Waals surface area contributed by atoms with Crippen LogP contribution in [0.25, 0.3) is 0 Å². The molecule has 3 atom stereocenters. The Bertz CT molecular complexity index is 827. The highest BCUT2D eigenvalue weighted by Gasteiger charge is 2.62. The van der Waals surface area contributed by atoms with Gasteiger partial charge in [0.15, 0.2) is 11.2 Å². The Labute approximate surface area is 143 Å². The summed E-state index contributed by atoms with van der Waals surface area (Å²) >= 11 is 1.38. The van der Waals surface area contributed by atoms with Gasteiger partial charge >= 0.3 is 0 Å². The molecule has 2 N–H and O–H groups in total. The van der Waals surface area contributed by atoms with Crippen molar-refractivity contribution in [3.63, 3.8) is 0 Å². The number of primary amides is 1. The quantitative estimate of drug-likeness (QED) is 0.896. The summed E-state index contributed by atoms with van der Waals surface area (Å²) in [6, 6.07) is 6.35. The molecule has 1 aromatic rings. The summed E-state index contributed by atoms with van der Waals surface area (Å²) in [6.45, 7) is 1.42. The topological polar surface area (TPSA) is 111 Å². The van der Waals surface area contributed by atoms with Crippen molar-refractivity contribution in [3.8, 4) is 12.1 Å². The minimum Gasteiger partial charge on any atom is -0.368 e. The van der Waals surface area contributed by atoms with E-state index >= 15 is 0 Å². The van der Waals surface area contributed by atoms with E-state index in [1.807, 2.05) is 11.4 Å². The van der Waals surface area contributed by atoms with Crippen LogP contribution in [0, 0.1) is 28.1 Å². The molecule has 3 heterocycles. The van der Waals surface area contributed by atoms with Crippen molar-refractivity contribution >= 4 is 23.0 Å². The fourth-order valence-corrected chi connectivity index (χ4v) is 4.42. The molecule has 0 saturated carbocycles. The van der Waals surface area contributed by atoms with Gasteiger partial charge in [-0.2, -0.15) is 10.5 Å². The summed E-state index contributed by atoms with van der Waals surface area (Å²) in [5.74, 6) is -1.46. The van der Waals surface area contributed by atoms with E-state index in [0.717, 1.165) is 4.88 Å². The molecule has 2 aliphatic rings. The van der Waals surface area contributed by atoms with Gasteiger partial charge in [0, 0.05) is 16.7 Å². The SMILES string of the molecule is CC(=O)C1=CN2[C@@H](C=C1)C(C#N)(C#N)[C@@H](c1cccs1)[C@@H]2C(N)=O. The lowest BCUT2D eigenvalue weighted by Crippen LogP contribution is -2.43. The van der Waals surface area contributed by atoms with Crippen molar-refractivity contribution < 1.29 is 9.59 Å².